The molecule has 0 bridgehead atoms. The summed E-state index contributed by atoms with van der Waals surface area (Å²) in [6.45, 7) is 3.83. The zero-order valence-corrected chi connectivity index (χ0v) is 43.0. The van der Waals surface area contributed by atoms with E-state index < -0.39 is 59.8 Å². The lowest BCUT2D eigenvalue weighted by Gasteiger charge is -2.41. The van der Waals surface area contributed by atoms with Crippen LogP contribution >= 0.6 is 0 Å². The molecule has 68 heavy (non-hydrogen) atoms. The summed E-state index contributed by atoms with van der Waals surface area (Å²) in [5.74, 6) is -0.415. The maximum absolute atomic E-state index is 12.9. The maximum atomic E-state index is 12.9. The van der Waals surface area contributed by atoms with E-state index in [4.69, 9.17) is 18.9 Å². The largest absolute Gasteiger partial charge is 0.457 e. The Morgan fingerprint density at radius 3 is 1.50 bits per heavy atom. The van der Waals surface area contributed by atoms with Gasteiger partial charge in [0.2, 0.25) is 0 Å². The molecular formula is C55H94O12S. The van der Waals surface area contributed by atoms with Crippen molar-refractivity contribution in [3.63, 3.8) is 0 Å². The van der Waals surface area contributed by atoms with Gasteiger partial charge in [-0.1, -0.05) is 182 Å². The van der Waals surface area contributed by atoms with Crippen LogP contribution < -0.4 is 0 Å². The lowest BCUT2D eigenvalue weighted by Crippen LogP contribution is -2.60. The van der Waals surface area contributed by atoms with Gasteiger partial charge in [-0.15, -0.1) is 0 Å². The lowest BCUT2D eigenvalue weighted by molar-refractivity contribution is -0.301. The molecule has 6 atom stereocenters. The molecule has 392 valence electrons. The first-order valence-electron chi connectivity index (χ1n) is 26.3. The quantitative estimate of drug-likeness (QED) is 0.0197. The van der Waals surface area contributed by atoms with E-state index in [1.165, 1.54) is 57.8 Å². The average Bonchev–Trinajstić information content (AvgIpc) is 3.31. The fourth-order valence-corrected chi connectivity index (χ4v) is 8.06. The molecule has 1 saturated heterocycles. The zero-order valence-electron chi connectivity index (χ0n) is 42.1. The van der Waals surface area contributed by atoms with Crippen molar-refractivity contribution in [1.29, 1.82) is 0 Å². The standard InChI is InChI=1S/C55H94O12S/c1-3-5-7-9-11-13-15-17-19-20-21-22-23-24-25-26-27-28-29-31-33-35-37-39-41-43-45-63-47-49(48-64-55-53(59)54(67-68(60,61)62)52(58)50(46-56)66-55)65-51(57)44-42-40-38-36-34-32-30-18-16-14-12-10-8-6-4-2/h5,7,11,13,17-19,21-22,24-25,27-28,30,49-50,52-56,58-59H,3-4,6,8-10,12,14-16,20,23,26,29,31-48H2,1-2H3,(H,60,61,62)/b7-5-,13-11-,19-17-,22-21-,25-24-,28-27-,30-18-. The normalized spacial score (nSPS) is 20.0. The summed E-state index contributed by atoms with van der Waals surface area (Å²) in [4.78, 5) is 12.9. The van der Waals surface area contributed by atoms with Gasteiger partial charge in [0.25, 0.3) is 0 Å². The van der Waals surface area contributed by atoms with Crippen LogP contribution in [0.2, 0.25) is 0 Å². The topological polar surface area (TPSA) is 178 Å². The van der Waals surface area contributed by atoms with Crippen molar-refractivity contribution in [2.75, 3.05) is 26.4 Å². The summed E-state index contributed by atoms with van der Waals surface area (Å²) in [5.41, 5.74) is 0. The van der Waals surface area contributed by atoms with Gasteiger partial charge < -0.3 is 34.3 Å². The highest BCUT2D eigenvalue weighted by Crippen LogP contribution is 2.26. The Morgan fingerprint density at radius 2 is 1.01 bits per heavy atom. The van der Waals surface area contributed by atoms with E-state index in [9.17, 15) is 33.1 Å². The molecule has 1 fully saturated rings. The number of allylic oxidation sites excluding steroid dienone is 14. The summed E-state index contributed by atoms with van der Waals surface area (Å²) in [5, 5.41) is 30.8. The number of rotatable bonds is 45. The van der Waals surface area contributed by atoms with E-state index in [0.717, 1.165) is 109 Å². The number of aliphatic hydroxyl groups excluding tert-OH is 3. The number of ether oxygens (including phenoxy) is 4. The molecule has 0 saturated carbocycles. The second kappa shape index (κ2) is 45.4. The first kappa shape index (κ1) is 63.3. The second-order valence-electron chi connectivity index (χ2n) is 17.7. The molecule has 12 nitrogen and oxygen atoms in total. The molecule has 13 heteroatoms. The Labute approximate surface area is 413 Å². The van der Waals surface area contributed by atoms with E-state index in [1.807, 2.05) is 0 Å². The number of hydrogen-bond donors (Lipinski definition) is 4. The van der Waals surface area contributed by atoms with Crippen LogP contribution in [0, 0.1) is 0 Å². The molecule has 1 aliphatic rings. The first-order valence-corrected chi connectivity index (χ1v) is 27.7. The van der Waals surface area contributed by atoms with Gasteiger partial charge >= 0.3 is 16.4 Å². The second-order valence-corrected chi connectivity index (χ2v) is 18.8. The van der Waals surface area contributed by atoms with Crippen molar-refractivity contribution in [3.8, 4) is 0 Å². The van der Waals surface area contributed by atoms with Gasteiger partial charge in [0.05, 0.1) is 19.8 Å². The van der Waals surface area contributed by atoms with Crippen LogP contribution in [0.4, 0.5) is 0 Å². The molecule has 1 aliphatic heterocycles. The molecule has 0 aromatic rings. The smallest absolute Gasteiger partial charge is 0.397 e. The van der Waals surface area contributed by atoms with Gasteiger partial charge in [0.1, 0.15) is 30.5 Å². The van der Waals surface area contributed by atoms with Gasteiger partial charge in [-0.2, -0.15) is 8.42 Å². The molecule has 0 aromatic carbocycles. The Morgan fingerprint density at radius 1 is 0.574 bits per heavy atom. The van der Waals surface area contributed by atoms with E-state index in [-0.39, 0.29) is 19.6 Å². The molecule has 0 radical (unpaired) electrons. The highest BCUT2D eigenvalue weighted by molar-refractivity contribution is 7.80. The maximum Gasteiger partial charge on any atom is 0.397 e. The van der Waals surface area contributed by atoms with Crippen LogP contribution in [-0.4, -0.2) is 97.5 Å². The summed E-state index contributed by atoms with van der Waals surface area (Å²) < 4.78 is 59.2. The fraction of sp³-hybridized carbons (Fsp3) is 0.727. The van der Waals surface area contributed by atoms with E-state index in [1.54, 1.807) is 0 Å². The summed E-state index contributed by atoms with van der Waals surface area (Å²) in [7, 11) is -5.07. The number of aliphatic hydroxyl groups is 3. The average molecular weight is 979 g/mol. The number of unbranched alkanes of at least 4 members (excludes halogenated alkanes) is 18. The van der Waals surface area contributed by atoms with Crippen molar-refractivity contribution in [3.05, 3.63) is 85.1 Å². The molecule has 0 spiro atoms. The van der Waals surface area contributed by atoms with Crippen molar-refractivity contribution in [2.24, 2.45) is 0 Å². The molecule has 0 amide bonds. The van der Waals surface area contributed by atoms with E-state index >= 15 is 0 Å². The summed E-state index contributed by atoms with van der Waals surface area (Å²) in [6.07, 6.45) is 51.8. The molecule has 0 aromatic heterocycles. The minimum atomic E-state index is -5.07. The monoisotopic (exact) mass is 979 g/mol. The van der Waals surface area contributed by atoms with Crippen LogP contribution in [0.25, 0.3) is 0 Å². The molecule has 6 unspecified atom stereocenters. The van der Waals surface area contributed by atoms with Crippen LogP contribution in [0.1, 0.15) is 194 Å². The summed E-state index contributed by atoms with van der Waals surface area (Å²) in [6, 6.07) is 0. The third-order valence-electron chi connectivity index (χ3n) is 11.5. The third kappa shape index (κ3) is 38.1. The predicted octanol–water partition coefficient (Wildman–Crippen LogP) is 12.4. The SMILES string of the molecule is CC/C=C\C/C=C\C/C=C\C/C=C\C/C=C\C/C=C\CCCCCCCCCOCC(COC1OC(CO)C(O)C(OS(=O)(=O)O)C1O)OC(=O)CCCCCCC/C=C\CCCCCCCC. The molecule has 0 aliphatic carbocycles. The fourth-order valence-electron chi connectivity index (χ4n) is 7.55. The minimum absolute atomic E-state index is 0.0204. The molecule has 1 heterocycles. The summed E-state index contributed by atoms with van der Waals surface area (Å²) >= 11 is 0. The van der Waals surface area contributed by atoms with Crippen LogP contribution in [0.3, 0.4) is 0 Å². The molecule has 4 N–H and O–H groups in total. The Kier molecular flexibility index (Phi) is 42.3. The van der Waals surface area contributed by atoms with E-state index in [2.05, 4.69) is 103 Å². The first-order chi connectivity index (χ1) is 33.1. The van der Waals surface area contributed by atoms with E-state index in [0.29, 0.717) is 13.0 Å². The minimum Gasteiger partial charge on any atom is -0.457 e. The van der Waals surface area contributed by atoms with Gasteiger partial charge in [0, 0.05) is 13.0 Å². The van der Waals surface area contributed by atoms with Crippen molar-refractivity contribution in [2.45, 2.75) is 230 Å². The number of hydrogen-bond acceptors (Lipinski definition) is 11. The molecular weight excluding hydrogens is 885 g/mol. The van der Waals surface area contributed by atoms with Crippen molar-refractivity contribution in [1.82, 2.24) is 0 Å². The van der Waals surface area contributed by atoms with Crippen molar-refractivity contribution < 1.29 is 56.2 Å². The van der Waals surface area contributed by atoms with Crippen LogP contribution in [0.5, 0.6) is 0 Å². The zero-order chi connectivity index (χ0) is 49.6. The Balaban J connectivity index is 2.35. The van der Waals surface area contributed by atoms with Gasteiger partial charge in [-0.05, 0) is 89.9 Å². The third-order valence-corrected chi connectivity index (χ3v) is 12.0. The molecule has 1 rings (SSSR count). The highest BCUT2D eigenvalue weighted by atomic mass is 32.3. The lowest BCUT2D eigenvalue weighted by atomic mass is 9.99. The van der Waals surface area contributed by atoms with Crippen LogP contribution in [-0.2, 0) is 38.3 Å². The Bertz CT molecular complexity index is 1500. The van der Waals surface area contributed by atoms with Crippen LogP contribution in [0.15, 0.2) is 85.1 Å². The highest BCUT2D eigenvalue weighted by Gasteiger charge is 2.48. The van der Waals surface area contributed by atoms with Gasteiger partial charge in [0.15, 0.2) is 6.29 Å². The predicted molar refractivity (Wildman–Crippen MR) is 275 cm³/mol. The van der Waals surface area contributed by atoms with Crippen molar-refractivity contribution >= 4 is 16.4 Å². The number of carbonyl (C=O) groups is 1. The number of carbonyl (C=O) groups excluding carboxylic acids is 1. The number of esters is 1. The Hall–Kier alpha value is -2.72. The van der Waals surface area contributed by atoms with Gasteiger partial charge in [-0.25, -0.2) is 4.18 Å². The van der Waals surface area contributed by atoms with Gasteiger partial charge in [-0.3, -0.25) is 9.35 Å².